The number of hydrogen-bond acceptors (Lipinski definition) is 5. The van der Waals surface area contributed by atoms with Crippen LogP contribution in [0, 0.1) is 0 Å². The summed E-state index contributed by atoms with van der Waals surface area (Å²) in [5.74, 6) is -0.433. The summed E-state index contributed by atoms with van der Waals surface area (Å²) in [5.41, 5.74) is 17.4. The van der Waals surface area contributed by atoms with Gasteiger partial charge in [0.2, 0.25) is 0 Å². The summed E-state index contributed by atoms with van der Waals surface area (Å²) in [6.45, 7) is 0. The Hall–Kier alpha value is -3.62. The number of nitrogens with zero attached hydrogens (tertiary/aromatic N) is 6. The second kappa shape index (κ2) is 7.97. The highest BCUT2D eigenvalue weighted by Gasteiger charge is 2.15. The molecule has 0 spiro atoms. The first-order valence-corrected chi connectivity index (χ1v) is 8.33. The van der Waals surface area contributed by atoms with Crippen molar-refractivity contribution in [3.8, 4) is 0 Å². The lowest BCUT2D eigenvalue weighted by molar-refractivity contribution is 0.104. The standard InChI is InChI=1S/C15H10N6O4S/c16-20-18-12-5-1-10(2-6-12)14(22)8-4-11-3-7-13(19-21-17)9-15(11)26(23,24)25/h1-9H,(H,23,24,25). The fraction of sp³-hybridized carbons (Fsp3) is 0. The van der Waals surface area contributed by atoms with E-state index in [4.69, 9.17) is 11.1 Å². The van der Waals surface area contributed by atoms with Gasteiger partial charge in [0, 0.05) is 26.8 Å². The van der Waals surface area contributed by atoms with E-state index in [2.05, 4.69) is 20.1 Å². The smallest absolute Gasteiger partial charge is 0.289 e. The Labute approximate surface area is 147 Å². The first kappa shape index (κ1) is 18.7. The Kier molecular flexibility index (Phi) is 5.74. The molecule has 2 aromatic carbocycles. The molecule has 0 aliphatic heterocycles. The van der Waals surface area contributed by atoms with Gasteiger partial charge < -0.3 is 0 Å². The number of carbonyl (C=O) groups is 1. The molecule has 0 aliphatic carbocycles. The Morgan fingerprint density at radius 2 is 1.58 bits per heavy atom. The zero-order chi connectivity index (χ0) is 19.2. The molecule has 130 valence electrons. The van der Waals surface area contributed by atoms with E-state index in [1.165, 1.54) is 42.5 Å². The molecule has 0 saturated heterocycles. The molecule has 26 heavy (non-hydrogen) atoms. The molecule has 0 atom stereocenters. The lowest BCUT2D eigenvalue weighted by Gasteiger charge is -2.04. The van der Waals surface area contributed by atoms with Crippen molar-refractivity contribution in [2.75, 3.05) is 0 Å². The summed E-state index contributed by atoms with van der Waals surface area (Å²) in [6.07, 6.45) is 2.34. The molecular weight excluding hydrogens is 360 g/mol. The summed E-state index contributed by atoms with van der Waals surface area (Å²) in [4.78, 5) is 16.8. The molecule has 2 rings (SSSR count). The highest BCUT2D eigenvalue weighted by Crippen LogP contribution is 2.24. The van der Waals surface area contributed by atoms with Crippen molar-refractivity contribution >= 4 is 33.4 Å². The quantitative estimate of drug-likeness (QED) is 0.194. The Morgan fingerprint density at radius 3 is 2.15 bits per heavy atom. The number of benzene rings is 2. The number of azide groups is 2. The average Bonchev–Trinajstić information content (AvgIpc) is 2.60. The predicted molar refractivity (Wildman–Crippen MR) is 93.7 cm³/mol. The normalized spacial score (nSPS) is 10.8. The van der Waals surface area contributed by atoms with Crippen LogP contribution in [0.1, 0.15) is 15.9 Å². The van der Waals surface area contributed by atoms with Gasteiger partial charge in [-0.3, -0.25) is 9.35 Å². The maximum absolute atomic E-state index is 12.1. The third-order valence-electron chi connectivity index (χ3n) is 3.16. The molecule has 10 nitrogen and oxygen atoms in total. The zero-order valence-electron chi connectivity index (χ0n) is 13.0. The topological polar surface area (TPSA) is 169 Å². The third kappa shape index (κ3) is 4.69. The zero-order valence-corrected chi connectivity index (χ0v) is 13.8. The number of rotatable bonds is 6. The highest BCUT2D eigenvalue weighted by atomic mass is 32.2. The number of hydrogen-bond donors (Lipinski definition) is 1. The molecule has 2 aromatic rings. The van der Waals surface area contributed by atoms with Crippen molar-refractivity contribution in [1.29, 1.82) is 0 Å². The first-order valence-electron chi connectivity index (χ1n) is 6.89. The van der Waals surface area contributed by atoms with Crippen LogP contribution < -0.4 is 0 Å². The van der Waals surface area contributed by atoms with Crippen molar-refractivity contribution in [2.45, 2.75) is 4.90 Å². The molecule has 0 aliphatic rings. The van der Waals surface area contributed by atoms with Gasteiger partial charge in [-0.05, 0) is 34.8 Å². The summed E-state index contributed by atoms with van der Waals surface area (Å²) in [7, 11) is -4.59. The van der Waals surface area contributed by atoms with E-state index in [1.54, 1.807) is 0 Å². The first-order chi connectivity index (χ1) is 12.3. The molecule has 0 heterocycles. The number of allylic oxidation sites excluding steroid dienone is 1. The van der Waals surface area contributed by atoms with Crippen molar-refractivity contribution in [3.05, 3.63) is 80.6 Å². The van der Waals surface area contributed by atoms with Gasteiger partial charge >= 0.3 is 0 Å². The number of ketones is 1. The van der Waals surface area contributed by atoms with Crippen LogP contribution in [0.4, 0.5) is 11.4 Å². The summed E-state index contributed by atoms with van der Waals surface area (Å²) < 4.78 is 32.3. The Morgan fingerprint density at radius 1 is 1.00 bits per heavy atom. The Balaban J connectivity index is 2.35. The van der Waals surface area contributed by atoms with Crippen LogP contribution in [0.15, 0.2) is 63.7 Å². The van der Waals surface area contributed by atoms with Gasteiger partial charge in [0.15, 0.2) is 5.78 Å². The van der Waals surface area contributed by atoms with Gasteiger partial charge in [0.25, 0.3) is 10.1 Å². The molecule has 0 fully saturated rings. The molecule has 0 aromatic heterocycles. The minimum atomic E-state index is -4.59. The Bertz CT molecular complexity index is 1080. The van der Waals surface area contributed by atoms with Crippen molar-refractivity contribution in [3.63, 3.8) is 0 Å². The van der Waals surface area contributed by atoms with E-state index < -0.39 is 20.8 Å². The lowest BCUT2D eigenvalue weighted by Crippen LogP contribution is -2.01. The molecule has 11 heteroatoms. The minimum absolute atomic E-state index is 0.00256. The van der Waals surface area contributed by atoms with Crippen LogP contribution in [0.3, 0.4) is 0 Å². The molecule has 0 bridgehead atoms. The third-order valence-corrected chi connectivity index (χ3v) is 4.07. The number of carbonyl (C=O) groups excluding carboxylic acids is 1. The van der Waals surface area contributed by atoms with E-state index in [0.29, 0.717) is 5.69 Å². The summed E-state index contributed by atoms with van der Waals surface area (Å²) in [5, 5.41) is 6.65. The maximum Gasteiger partial charge on any atom is 0.295 e. The van der Waals surface area contributed by atoms with Crippen LogP contribution in [0.25, 0.3) is 27.0 Å². The van der Waals surface area contributed by atoms with Gasteiger partial charge in [0.1, 0.15) is 4.90 Å². The molecule has 1 N–H and O–H groups in total. The minimum Gasteiger partial charge on any atom is -0.289 e. The van der Waals surface area contributed by atoms with E-state index in [-0.39, 0.29) is 16.8 Å². The van der Waals surface area contributed by atoms with Gasteiger partial charge in [-0.15, -0.1) is 0 Å². The molecule has 0 unspecified atom stereocenters. The van der Waals surface area contributed by atoms with Crippen LogP contribution in [-0.2, 0) is 10.1 Å². The van der Waals surface area contributed by atoms with Gasteiger partial charge in [0.05, 0.1) is 0 Å². The maximum atomic E-state index is 12.1. The van der Waals surface area contributed by atoms with Crippen molar-refractivity contribution in [2.24, 2.45) is 10.2 Å². The van der Waals surface area contributed by atoms with Crippen LogP contribution in [0.5, 0.6) is 0 Å². The van der Waals surface area contributed by atoms with Gasteiger partial charge in [-0.2, -0.15) is 8.42 Å². The SMILES string of the molecule is [N-]=[N+]=Nc1ccc(C(=O)C=Cc2ccc(N=[N+]=[N-])cc2S(=O)(=O)O)cc1. The summed E-state index contributed by atoms with van der Waals surface area (Å²) in [6, 6.07) is 9.44. The second-order valence-electron chi connectivity index (χ2n) is 4.82. The van der Waals surface area contributed by atoms with E-state index in [0.717, 1.165) is 12.1 Å². The average molecular weight is 370 g/mol. The lowest BCUT2D eigenvalue weighted by atomic mass is 10.1. The van der Waals surface area contributed by atoms with E-state index >= 15 is 0 Å². The highest BCUT2D eigenvalue weighted by molar-refractivity contribution is 7.86. The molecular formula is C15H10N6O4S. The van der Waals surface area contributed by atoms with Crippen LogP contribution >= 0.6 is 0 Å². The molecule has 0 radical (unpaired) electrons. The second-order valence-corrected chi connectivity index (χ2v) is 6.21. The van der Waals surface area contributed by atoms with Gasteiger partial charge in [-0.1, -0.05) is 46.6 Å². The van der Waals surface area contributed by atoms with E-state index in [9.17, 15) is 17.8 Å². The van der Waals surface area contributed by atoms with E-state index in [1.807, 2.05) is 0 Å². The molecule has 0 amide bonds. The van der Waals surface area contributed by atoms with Gasteiger partial charge in [-0.25, -0.2) is 0 Å². The fourth-order valence-electron chi connectivity index (χ4n) is 2.00. The van der Waals surface area contributed by atoms with Crippen molar-refractivity contribution in [1.82, 2.24) is 0 Å². The van der Waals surface area contributed by atoms with Crippen molar-refractivity contribution < 1.29 is 17.8 Å². The van der Waals surface area contributed by atoms with Crippen LogP contribution in [0.2, 0.25) is 0 Å². The largest absolute Gasteiger partial charge is 0.295 e. The monoisotopic (exact) mass is 370 g/mol. The summed E-state index contributed by atoms with van der Waals surface area (Å²) >= 11 is 0. The fourth-order valence-corrected chi connectivity index (χ4v) is 2.71. The predicted octanol–water partition coefficient (Wildman–Crippen LogP) is 4.71. The van der Waals surface area contributed by atoms with Crippen LogP contribution in [-0.4, -0.2) is 18.8 Å². The molecule has 0 saturated carbocycles.